The van der Waals surface area contributed by atoms with E-state index in [1.807, 2.05) is 24.3 Å². The van der Waals surface area contributed by atoms with Gasteiger partial charge in [0, 0.05) is 5.39 Å². The molecule has 0 amide bonds. The fourth-order valence-corrected chi connectivity index (χ4v) is 2.24. The molecule has 7 heteroatoms. The summed E-state index contributed by atoms with van der Waals surface area (Å²) in [5.74, 6) is -0.397. The zero-order valence-electron chi connectivity index (χ0n) is 9.66. The van der Waals surface area contributed by atoms with E-state index in [9.17, 15) is 4.79 Å². The Bertz CT molecular complexity index is 734. The first-order valence-electron chi connectivity index (χ1n) is 5.47. The molecule has 96 valence electrons. The van der Waals surface area contributed by atoms with E-state index in [-0.39, 0.29) is 5.75 Å². The van der Waals surface area contributed by atoms with E-state index in [1.54, 1.807) is 6.26 Å². The second-order valence-electron chi connectivity index (χ2n) is 3.79. The molecule has 2 aromatic heterocycles. The highest BCUT2D eigenvalue weighted by Crippen LogP contribution is 2.28. The number of thioether (sulfide) groups is 1. The minimum atomic E-state index is -0.898. The lowest BCUT2D eigenvalue weighted by Crippen LogP contribution is -1.97. The molecule has 0 aliphatic rings. The van der Waals surface area contributed by atoms with Crippen LogP contribution in [0.4, 0.5) is 0 Å². The molecule has 0 aliphatic carbocycles. The van der Waals surface area contributed by atoms with Crippen LogP contribution in [0.15, 0.2) is 40.1 Å². The van der Waals surface area contributed by atoms with Crippen LogP contribution in [0.3, 0.4) is 0 Å². The molecule has 6 nitrogen and oxygen atoms in total. The molecule has 0 bridgehead atoms. The molecule has 0 saturated carbocycles. The standard InChI is InChI=1S/C12H9N3O3S/c16-10(17)6-19-12-13-11(14-15-12)8-5-18-9-4-2-1-3-7(8)9/h1-5H,6H2,(H,16,17)(H,13,14,15). The first kappa shape index (κ1) is 11.8. The highest BCUT2D eigenvalue weighted by atomic mass is 32.2. The van der Waals surface area contributed by atoms with Gasteiger partial charge in [0.2, 0.25) is 5.16 Å². The third kappa shape index (κ3) is 2.32. The Balaban J connectivity index is 1.92. The van der Waals surface area contributed by atoms with Crippen LogP contribution in [-0.2, 0) is 4.79 Å². The van der Waals surface area contributed by atoms with Crippen molar-refractivity contribution >= 4 is 28.7 Å². The van der Waals surface area contributed by atoms with Gasteiger partial charge in [-0.25, -0.2) is 4.98 Å². The van der Waals surface area contributed by atoms with Crippen molar-refractivity contribution in [3.63, 3.8) is 0 Å². The molecule has 0 fully saturated rings. The Labute approximate surface area is 111 Å². The van der Waals surface area contributed by atoms with Crippen LogP contribution in [0.25, 0.3) is 22.4 Å². The van der Waals surface area contributed by atoms with Gasteiger partial charge in [0.05, 0.1) is 11.3 Å². The van der Waals surface area contributed by atoms with Crippen molar-refractivity contribution < 1.29 is 14.3 Å². The van der Waals surface area contributed by atoms with Crippen molar-refractivity contribution in [1.82, 2.24) is 15.2 Å². The number of hydrogen-bond donors (Lipinski definition) is 2. The van der Waals surface area contributed by atoms with Crippen molar-refractivity contribution in [2.75, 3.05) is 5.75 Å². The van der Waals surface area contributed by atoms with Gasteiger partial charge >= 0.3 is 5.97 Å². The summed E-state index contributed by atoms with van der Waals surface area (Å²) in [6, 6.07) is 7.61. The second-order valence-corrected chi connectivity index (χ2v) is 4.74. The molecule has 0 spiro atoms. The Morgan fingerprint density at radius 1 is 1.42 bits per heavy atom. The lowest BCUT2D eigenvalue weighted by Gasteiger charge is -1.91. The minimum absolute atomic E-state index is 0.0660. The molecule has 3 aromatic rings. The van der Waals surface area contributed by atoms with Crippen LogP contribution >= 0.6 is 11.8 Å². The molecule has 2 heterocycles. The van der Waals surface area contributed by atoms with Crippen LogP contribution < -0.4 is 0 Å². The lowest BCUT2D eigenvalue weighted by molar-refractivity contribution is -0.133. The quantitative estimate of drug-likeness (QED) is 0.710. The summed E-state index contributed by atoms with van der Waals surface area (Å²) in [7, 11) is 0. The summed E-state index contributed by atoms with van der Waals surface area (Å²) in [5, 5.41) is 16.7. The number of carboxylic acid groups (broad SMARTS) is 1. The highest BCUT2D eigenvalue weighted by Gasteiger charge is 2.12. The first-order valence-corrected chi connectivity index (χ1v) is 6.46. The van der Waals surface area contributed by atoms with Gasteiger partial charge in [-0.2, -0.15) is 0 Å². The number of carboxylic acids is 1. The van der Waals surface area contributed by atoms with Gasteiger partial charge in [-0.1, -0.05) is 30.0 Å². The van der Waals surface area contributed by atoms with Crippen LogP contribution in [-0.4, -0.2) is 32.0 Å². The number of furan rings is 1. The number of nitrogens with zero attached hydrogens (tertiary/aromatic N) is 2. The van der Waals surface area contributed by atoms with Crippen LogP contribution in [0.1, 0.15) is 0 Å². The molecule has 1 aromatic carbocycles. The van der Waals surface area contributed by atoms with Crippen molar-refractivity contribution in [2.24, 2.45) is 0 Å². The highest BCUT2D eigenvalue weighted by molar-refractivity contribution is 7.99. The van der Waals surface area contributed by atoms with Gasteiger partial charge in [0.25, 0.3) is 0 Å². The maximum Gasteiger partial charge on any atom is 0.313 e. The van der Waals surface area contributed by atoms with Crippen LogP contribution in [0.5, 0.6) is 0 Å². The monoisotopic (exact) mass is 275 g/mol. The Hall–Kier alpha value is -2.28. The molecule has 0 saturated heterocycles. The summed E-state index contributed by atoms with van der Waals surface area (Å²) in [6.07, 6.45) is 1.61. The number of fused-ring (bicyclic) bond motifs is 1. The fraction of sp³-hybridized carbons (Fsp3) is 0.0833. The third-order valence-corrected chi connectivity index (χ3v) is 3.36. The number of aromatic amines is 1. The topological polar surface area (TPSA) is 92.0 Å². The molecule has 0 radical (unpaired) electrons. The van der Waals surface area contributed by atoms with Gasteiger partial charge in [-0.05, 0) is 6.07 Å². The first-order chi connectivity index (χ1) is 9.24. The normalized spacial score (nSPS) is 10.9. The van der Waals surface area contributed by atoms with Gasteiger partial charge in [-0.3, -0.25) is 9.89 Å². The number of hydrogen-bond acceptors (Lipinski definition) is 5. The Morgan fingerprint density at radius 3 is 3.11 bits per heavy atom. The molecular weight excluding hydrogens is 266 g/mol. The Kier molecular flexibility index (Phi) is 2.96. The van der Waals surface area contributed by atoms with E-state index < -0.39 is 5.97 Å². The predicted molar refractivity (Wildman–Crippen MR) is 70.0 cm³/mol. The smallest absolute Gasteiger partial charge is 0.313 e. The maximum absolute atomic E-state index is 10.5. The number of rotatable bonds is 4. The predicted octanol–water partition coefficient (Wildman–Crippen LogP) is 2.39. The summed E-state index contributed by atoms with van der Waals surface area (Å²) >= 11 is 1.07. The number of nitrogens with one attached hydrogen (secondary N) is 1. The second kappa shape index (κ2) is 4.77. The summed E-state index contributed by atoms with van der Waals surface area (Å²) in [4.78, 5) is 14.7. The number of aromatic nitrogens is 3. The maximum atomic E-state index is 10.5. The largest absolute Gasteiger partial charge is 0.481 e. The zero-order valence-corrected chi connectivity index (χ0v) is 10.5. The number of aliphatic carboxylic acids is 1. The SMILES string of the molecule is O=C(O)CSc1n[nH]c(-c2coc3ccccc23)n1. The van der Waals surface area contributed by atoms with E-state index in [4.69, 9.17) is 9.52 Å². The Morgan fingerprint density at radius 2 is 2.26 bits per heavy atom. The van der Waals surface area contributed by atoms with E-state index in [0.717, 1.165) is 28.3 Å². The number of H-pyrrole nitrogens is 1. The third-order valence-electron chi connectivity index (χ3n) is 2.53. The molecular formula is C12H9N3O3S. The molecule has 0 unspecified atom stereocenters. The lowest BCUT2D eigenvalue weighted by atomic mass is 10.2. The average Bonchev–Trinajstić information content (AvgIpc) is 3.02. The van der Waals surface area contributed by atoms with Crippen LogP contribution in [0.2, 0.25) is 0 Å². The fourth-order valence-electron chi connectivity index (χ4n) is 1.72. The van der Waals surface area contributed by atoms with Gasteiger partial charge < -0.3 is 9.52 Å². The van der Waals surface area contributed by atoms with E-state index in [2.05, 4.69) is 15.2 Å². The van der Waals surface area contributed by atoms with Crippen molar-refractivity contribution in [3.05, 3.63) is 30.5 Å². The van der Waals surface area contributed by atoms with Crippen molar-refractivity contribution in [2.45, 2.75) is 5.16 Å². The van der Waals surface area contributed by atoms with E-state index in [1.165, 1.54) is 0 Å². The summed E-state index contributed by atoms with van der Waals surface area (Å²) < 4.78 is 5.42. The number of carbonyl (C=O) groups is 1. The van der Waals surface area contributed by atoms with Gasteiger partial charge in [0.15, 0.2) is 5.82 Å². The van der Waals surface area contributed by atoms with Crippen molar-refractivity contribution in [3.8, 4) is 11.4 Å². The van der Waals surface area contributed by atoms with Gasteiger partial charge in [-0.15, -0.1) is 5.10 Å². The number of benzene rings is 1. The minimum Gasteiger partial charge on any atom is -0.481 e. The molecule has 2 N–H and O–H groups in total. The van der Waals surface area contributed by atoms with Crippen molar-refractivity contribution in [1.29, 1.82) is 0 Å². The molecule has 0 atom stereocenters. The van der Waals surface area contributed by atoms with Crippen LogP contribution in [0, 0.1) is 0 Å². The molecule has 3 rings (SSSR count). The summed E-state index contributed by atoms with van der Waals surface area (Å²) in [5.41, 5.74) is 1.58. The molecule has 19 heavy (non-hydrogen) atoms. The average molecular weight is 275 g/mol. The van der Waals surface area contributed by atoms with Gasteiger partial charge in [0.1, 0.15) is 11.8 Å². The van der Waals surface area contributed by atoms with E-state index in [0.29, 0.717) is 11.0 Å². The molecule has 0 aliphatic heterocycles. The van der Waals surface area contributed by atoms with E-state index >= 15 is 0 Å². The zero-order chi connectivity index (χ0) is 13.2. The summed E-state index contributed by atoms with van der Waals surface area (Å²) in [6.45, 7) is 0. The number of para-hydroxylation sites is 1.